The summed E-state index contributed by atoms with van der Waals surface area (Å²) in [5.74, 6) is 1.21. The molecule has 0 amide bonds. The molecule has 1 saturated heterocycles. The van der Waals surface area contributed by atoms with Crippen molar-refractivity contribution in [3.63, 3.8) is 0 Å². The predicted octanol–water partition coefficient (Wildman–Crippen LogP) is 0.820. The van der Waals surface area contributed by atoms with Gasteiger partial charge in [-0.25, -0.2) is 8.42 Å². The molecular weight excluding hydrogens is 290 g/mol. The van der Waals surface area contributed by atoms with Crippen molar-refractivity contribution in [2.45, 2.75) is 32.4 Å². The van der Waals surface area contributed by atoms with E-state index in [1.807, 2.05) is 32.0 Å². The number of aliphatic hydroxyl groups is 1. The normalized spacial score (nSPS) is 22.1. The molecule has 2 atom stereocenters. The van der Waals surface area contributed by atoms with Crippen LogP contribution in [0.25, 0.3) is 0 Å². The van der Waals surface area contributed by atoms with Gasteiger partial charge >= 0.3 is 0 Å². The zero-order valence-corrected chi connectivity index (χ0v) is 13.3. The van der Waals surface area contributed by atoms with Crippen LogP contribution in [0.2, 0.25) is 0 Å². The minimum absolute atomic E-state index is 0.0511. The monoisotopic (exact) mass is 313 g/mol. The number of aryl methyl sites for hydroxylation is 2. The van der Waals surface area contributed by atoms with Gasteiger partial charge in [0.15, 0.2) is 9.84 Å². The molecule has 6 heteroatoms. The lowest BCUT2D eigenvalue weighted by molar-refractivity contribution is 0.103. The molecule has 5 nitrogen and oxygen atoms in total. The van der Waals surface area contributed by atoms with Crippen molar-refractivity contribution in [3.8, 4) is 5.75 Å². The van der Waals surface area contributed by atoms with E-state index in [0.29, 0.717) is 13.0 Å². The van der Waals surface area contributed by atoms with E-state index in [4.69, 9.17) is 4.74 Å². The van der Waals surface area contributed by atoms with Crippen LogP contribution in [0.4, 0.5) is 0 Å². The molecule has 118 valence electrons. The molecule has 0 radical (unpaired) electrons. The third-order valence-corrected chi connectivity index (χ3v) is 5.47. The second-order valence-corrected chi connectivity index (χ2v) is 7.92. The zero-order chi connectivity index (χ0) is 15.5. The van der Waals surface area contributed by atoms with Crippen LogP contribution in [-0.4, -0.2) is 50.3 Å². The van der Waals surface area contributed by atoms with Crippen molar-refractivity contribution in [2.24, 2.45) is 0 Å². The van der Waals surface area contributed by atoms with Crippen molar-refractivity contribution in [1.82, 2.24) is 5.32 Å². The fraction of sp³-hybridized carbons (Fsp3) is 0.600. The summed E-state index contributed by atoms with van der Waals surface area (Å²) in [7, 11) is -2.89. The van der Waals surface area contributed by atoms with Gasteiger partial charge in [-0.1, -0.05) is 18.2 Å². The minimum atomic E-state index is -2.89. The number of aliphatic hydroxyl groups excluding tert-OH is 1. The average Bonchev–Trinajstić information content (AvgIpc) is 2.75. The highest BCUT2D eigenvalue weighted by Gasteiger charge is 2.27. The van der Waals surface area contributed by atoms with Crippen LogP contribution in [0.5, 0.6) is 5.75 Å². The molecule has 1 heterocycles. The number of hydrogen-bond donors (Lipinski definition) is 2. The Labute approximate surface area is 126 Å². The van der Waals surface area contributed by atoms with Gasteiger partial charge in [-0.05, 0) is 31.4 Å². The first-order valence-electron chi connectivity index (χ1n) is 7.18. The molecule has 21 heavy (non-hydrogen) atoms. The van der Waals surface area contributed by atoms with Gasteiger partial charge in [0.2, 0.25) is 0 Å². The lowest BCUT2D eigenvalue weighted by Crippen LogP contribution is -2.38. The summed E-state index contributed by atoms with van der Waals surface area (Å²) in [5.41, 5.74) is 2.08. The van der Waals surface area contributed by atoms with Crippen molar-refractivity contribution in [2.75, 3.05) is 24.7 Å². The largest absolute Gasteiger partial charge is 0.490 e. The molecule has 1 aromatic carbocycles. The molecule has 0 spiro atoms. The quantitative estimate of drug-likeness (QED) is 0.813. The summed E-state index contributed by atoms with van der Waals surface area (Å²) in [6, 6.07) is 5.85. The maximum atomic E-state index is 11.3. The van der Waals surface area contributed by atoms with Crippen LogP contribution in [0, 0.1) is 13.8 Å². The lowest BCUT2D eigenvalue weighted by Gasteiger charge is -2.18. The van der Waals surface area contributed by atoms with Gasteiger partial charge in [-0.2, -0.15) is 0 Å². The van der Waals surface area contributed by atoms with E-state index in [0.717, 1.165) is 16.9 Å². The molecule has 0 saturated carbocycles. The Morgan fingerprint density at radius 3 is 2.62 bits per heavy atom. The molecule has 2 N–H and O–H groups in total. The number of ether oxygens (including phenoxy) is 1. The van der Waals surface area contributed by atoms with Crippen LogP contribution in [0.15, 0.2) is 18.2 Å². The Hall–Kier alpha value is -1.11. The van der Waals surface area contributed by atoms with Crippen molar-refractivity contribution in [3.05, 3.63) is 29.3 Å². The molecule has 1 aliphatic heterocycles. The van der Waals surface area contributed by atoms with Gasteiger partial charge in [0.05, 0.1) is 11.5 Å². The minimum Gasteiger partial charge on any atom is -0.490 e. The molecule has 0 bridgehead atoms. The molecule has 1 fully saturated rings. The maximum absolute atomic E-state index is 11.3. The maximum Gasteiger partial charge on any atom is 0.151 e. The average molecular weight is 313 g/mol. The third kappa shape index (κ3) is 4.69. The molecular formula is C15H23NO4S. The first-order chi connectivity index (χ1) is 9.87. The van der Waals surface area contributed by atoms with E-state index in [9.17, 15) is 13.5 Å². The topological polar surface area (TPSA) is 75.6 Å². The van der Waals surface area contributed by atoms with Gasteiger partial charge in [0.1, 0.15) is 18.5 Å². The number of nitrogens with one attached hydrogen (secondary N) is 1. The summed E-state index contributed by atoms with van der Waals surface area (Å²) in [4.78, 5) is 0. The number of rotatable bonds is 6. The van der Waals surface area contributed by atoms with Crippen molar-refractivity contribution in [1.29, 1.82) is 0 Å². The Morgan fingerprint density at radius 1 is 1.38 bits per heavy atom. The Bertz CT molecular complexity index is 565. The second-order valence-electron chi connectivity index (χ2n) is 5.69. The first-order valence-corrected chi connectivity index (χ1v) is 9.00. The number of benzene rings is 1. The summed E-state index contributed by atoms with van der Waals surface area (Å²) in [6.45, 7) is 4.47. The van der Waals surface area contributed by atoms with E-state index >= 15 is 0 Å². The summed E-state index contributed by atoms with van der Waals surface area (Å²) in [6.07, 6.45) is -0.0420. The highest BCUT2D eigenvalue weighted by molar-refractivity contribution is 7.91. The van der Waals surface area contributed by atoms with Gasteiger partial charge in [0.25, 0.3) is 0 Å². The third-order valence-electron chi connectivity index (χ3n) is 3.70. The summed E-state index contributed by atoms with van der Waals surface area (Å²) < 4.78 is 28.4. The molecule has 0 aliphatic carbocycles. The van der Waals surface area contributed by atoms with Gasteiger partial charge < -0.3 is 15.2 Å². The smallest absolute Gasteiger partial charge is 0.151 e. The Kier molecular flexibility index (Phi) is 5.24. The molecule has 1 aliphatic rings. The zero-order valence-electron chi connectivity index (χ0n) is 12.5. The van der Waals surface area contributed by atoms with Crippen molar-refractivity contribution >= 4 is 9.84 Å². The highest BCUT2D eigenvalue weighted by Crippen LogP contribution is 2.22. The summed E-state index contributed by atoms with van der Waals surface area (Å²) >= 11 is 0. The predicted molar refractivity (Wildman–Crippen MR) is 82.5 cm³/mol. The molecule has 1 aromatic rings. The standard InChI is InChI=1S/C15H23NO4S/c1-11-4-3-5-12(2)15(11)20-9-14(17)8-16-13-6-7-21(18,19)10-13/h3-5,13-14,16-17H,6-10H2,1-2H3/t13-,14+/m1/s1. The summed E-state index contributed by atoms with van der Waals surface area (Å²) in [5, 5.41) is 13.0. The molecule has 0 aromatic heterocycles. The fourth-order valence-corrected chi connectivity index (χ4v) is 4.23. The van der Waals surface area contributed by atoms with Gasteiger partial charge in [0, 0.05) is 12.6 Å². The van der Waals surface area contributed by atoms with E-state index < -0.39 is 15.9 Å². The van der Waals surface area contributed by atoms with Gasteiger partial charge in [-0.3, -0.25) is 0 Å². The van der Waals surface area contributed by atoms with Crippen LogP contribution in [0.3, 0.4) is 0 Å². The fourth-order valence-electron chi connectivity index (χ4n) is 2.52. The van der Waals surface area contributed by atoms with Crippen molar-refractivity contribution < 1.29 is 18.3 Å². The van der Waals surface area contributed by atoms with Crippen LogP contribution < -0.4 is 10.1 Å². The lowest BCUT2D eigenvalue weighted by atomic mass is 10.1. The molecule has 0 unspecified atom stereocenters. The SMILES string of the molecule is Cc1cccc(C)c1OC[C@@H](O)CN[C@@H]1CCS(=O)(=O)C1. The van der Waals surface area contributed by atoms with Crippen LogP contribution in [-0.2, 0) is 9.84 Å². The number of para-hydroxylation sites is 1. The van der Waals surface area contributed by atoms with E-state index in [1.54, 1.807) is 0 Å². The second kappa shape index (κ2) is 6.77. The first kappa shape index (κ1) is 16.3. The van der Waals surface area contributed by atoms with E-state index in [1.165, 1.54) is 0 Å². The Balaban J connectivity index is 1.76. The Morgan fingerprint density at radius 2 is 2.05 bits per heavy atom. The van der Waals surface area contributed by atoms with E-state index in [-0.39, 0.29) is 24.2 Å². The highest BCUT2D eigenvalue weighted by atomic mass is 32.2. The number of sulfone groups is 1. The molecule has 2 rings (SSSR count). The van der Waals surface area contributed by atoms with Crippen LogP contribution in [0.1, 0.15) is 17.5 Å². The van der Waals surface area contributed by atoms with E-state index in [2.05, 4.69) is 5.32 Å². The van der Waals surface area contributed by atoms with Crippen LogP contribution >= 0.6 is 0 Å². The number of hydrogen-bond acceptors (Lipinski definition) is 5. The van der Waals surface area contributed by atoms with Gasteiger partial charge in [-0.15, -0.1) is 0 Å².